The molecule has 10 rings (SSSR count). The second kappa shape index (κ2) is 16.7. The van der Waals surface area contributed by atoms with Crippen LogP contribution in [0.4, 0.5) is 17.1 Å². The number of anilines is 3. The Hall–Kier alpha value is -8.82. The second-order valence-corrected chi connectivity index (χ2v) is 15.0. The van der Waals surface area contributed by atoms with Gasteiger partial charge >= 0.3 is 0 Å². The number of amides is 3. The summed E-state index contributed by atoms with van der Waals surface area (Å²) in [6, 6.07) is 56.7. The fourth-order valence-electron chi connectivity index (χ4n) is 7.81. The summed E-state index contributed by atoms with van der Waals surface area (Å²) in [5, 5.41) is 15.1. The van der Waals surface area contributed by atoms with E-state index in [2.05, 4.69) is 30.9 Å². The van der Waals surface area contributed by atoms with Gasteiger partial charge in [0.1, 0.15) is 0 Å². The van der Waals surface area contributed by atoms with Crippen molar-refractivity contribution < 1.29 is 14.4 Å². The van der Waals surface area contributed by atoms with E-state index in [1.807, 2.05) is 127 Å². The van der Waals surface area contributed by atoms with Gasteiger partial charge in [-0.05, 0) is 89.0 Å². The van der Waals surface area contributed by atoms with Crippen LogP contribution in [-0.2, 0) is 0 Å². The lowest BCUT2D eigenvalue weighted by Crippen LogP contribution is -2.19. The summed E-state index contributed by atoms with van der Waals surface area (Å²) in [6.07, 6.45) is 5.34. The van der Waals surface area contributed by atoms with Crippen molar-refractivity contribution in [2.45, 2.75) is 0 Å². The minimum atomic E-state index is -0.492. The van der Waals surface area contributed by atoms with Crippen LogP contribution in [0.3, 0.4) is 0 Å². The summed E-state index contributed by atoms with van der Waals surface area (Å²) in [5.41, 5.74) is 7.16. The standard InChI is InChI=1S/C54H36N6O3/c61-52(58-43-19-13-37(14-20-43)49-46-10-4-1-7-34(46)25-28-55-49)40-31-41(53(62)59-44-21-15-38(16-22-44)50-47-11-5-2-8-35(47)26-29-56-50)33-42(32-40)54(63)60-45-23-17-39(18-24-45)51-48-12-6-3-9-36(48)27-30-57-51/h1-33H,(H,58,61)(H,59,62)(H,60,63). The Kier molecular flexibility index (Phi) is 10.2. The smallest absolute Gasteiger partial charge is 0.255 e. The van der Waals surface area contributed by atoms with Gasteiger partial charge in [0.05, 0.1) is 17.1 Å². The summed E-state index contributed by atoms with van der Waals surface area (Å²) >= 11 is 0. The number of carbonyl (C=O) groups excluding carboxylic acids is 3. The molecule has 9 heteroatoms. The first kappa shape index (κ1) is 38.4. The van der Waals surface area contributed by atoms with Crippen molar-refractivity contribution >= 4 is 67.1 Å². The first-order valence-corrected chi connectivity index (χ1v) is 20.4. The summed E-state index contributed by atoms with van der Waals surface area (Å²) in [6.45, 7) is 0. The average molecular weight is 817 g/mol. The Morgan fingerprint density at radius 1 is 0.317 bits per heavy atom. The molecule has 7 aromatic carbocycles. The van der Waals surface area contributed by atoms with E-state index < -0.39 is 17.7 Å². The van der Waals surface area contributed by atoms with Gasteiger partial charge in [0, 0.05) is 85.2 Å². The van der Waals surface area contributed by atoms with Gasteiger partial charge in [-0.3, -0.25) is 29.3 Å². The van der Waals surface area contributed by atoms with Crippen LogP contribution < -0.4 is 16.0 Å². The number of hydrogen-bond donors (Lipinski definition) is 3. The summed E-state index contributed by atoms with van der Waals surface area (Å²) in [7, 11) is 0. The minimum absolute atomic E-state index is 0.127. The largest absolute Gasteiger partial charge is 0.322 e. The Bertz CT molecular complexity index is 2980. The molecule has 63 heavy (non-hydrogen) atoms. The van der Waals surface area contributed by atoms with E-state index in [0.29, 0.717) is 17.1 Å². The Balaban J connectivity index is 0.919. The SMILES string of the molecule is O=C(Nc1ccc(-c2nccc3ccccc23)cc1)c1cc(C(=O)Nc2ccc(-c3nccc4ccccc34)cc2)cc(C(=O)Nc2ccc(-c3nccc4ccccc34)cc2)c1. The van der Waals surface area contributed by atoms with Gasteiger partial charge in [-0.2, -0.15) is 0 Å². The minimum Gasteiger partial charge on any atom is -0.322 e. The van der Waals surface area contributed by atoms with Gasteiger partial charge in [-0.25, -0.2) is 0 Å². The third kappa shape index (κ3) is 7.97. The number of pyridine rings is 3. The average Bonchev–Trinajstić information content (AvgIpc) is 3.34. The van der Waals surface area contributed by atoms with Gasteiger partial charge in [0.2, 0.25) is 0 Å². The molecule has 0 fully saturated rings. The molecule has 3 aromatic heterocycles. The molecule has 0 aliphatic carbocycles. The van der Waals surface area contributed by atoms with Crippen molar-refractivity contribution in [2.24, 2.45) is 0 Å². The number of rotatable bonds is 9. The van der Waals surface area contributed by atoms with E-state index in [0.717, 1.165) is 66.1 Å². The topological polar surface area (TPSA) is 126 Å². The lowest BCUT2D eigenvalue weighted by molar-refractivity contribution is 0.102. The van der Waals surface area contributed by atoms with E-state index in [1.54, 1.807) is 55.0 Å². The normalized spacial score (nSPS) is 11.0. The highest BCUT2D eigenvalue weighted by Crippen LogP contribution is 2.31. The predicted molar refractivity (Wildman–Crippen MR) is 252 cm³/mol. The molecule has 3 N–H and O–H groups in total. The Morgan fingerprint density at radius 2 is 0.587 bits per heavy atom. The van der Waals surface area contributed by atoms with Gasteiger partial charge in [0.15, 0.2) is 0 Å². The number of hydrogen-bond acceptors (Lipinski definition) is 6. The monoisotopic (exact) mass is 816 g/mol. The van der Waals surface area contributed by atoms with Gasteiger partial charge < -0.3 is 16.0 Å². The van der Waals surface area contributed by atoms with Gasteiger partial charge in [0.25, 0.3) is 17.7 Å². The van der Waals surface area contributed by atoms with Crippen molar-refractivity contribution in [3.05, 3.63) is 217 Å². The van der Waals surface area contributed by atoms with E-state index in [4.69, 9.17) is 0 Å². The lowest BCUT2D eigenvalue weighted by atomic mass is 10.0. The number of carbonyl (C=O) groups is 3. The third-order valence-electron chi connectivity index (χ3n) is 11.0. The quantitative estimate of drug-likeness (QED) is 0.133. The molecule has 0 bridgehead atoms. The molecule has 3 amide bonds. The van der Waals surface area contributed by atoms with Gasteiger partial charge in [-0.1, -0.05) is 109 Å². The molecule has 0 aliphatic rings. The highest BCUT2D eigenvalue weighted by Gasteiger charge is 2.19. The lowest BCUT2D eigenvalue weighted by Gasteiger charge is -2.13. The van der Waals surface area contributed by atoms with E-state index in [-0.39, 0.29) is 16.7 Å². The van der Waals surface area contributed by atoms with Crippen LogP contribution in [0.5, 0.6) is 0 Å². The number of nitrogens with one attached hydrogen (secondary N) is 3. The zero-order chi connectivity index (χ0) is 42.7. The summed E-state index contributed by atoms with van der Waals surface area (Å²) < 4.78 is 0. The van der Waals surface area contributed by atoms with Crippen LogP contribution in [-0.4, -0.2) is 32.7 Å². The van der Waals surface area contributed by atoms with Crippen molar-refractivity contribution in [3.63, 3.8) is 0 Å². The maximum atomic E-state index is 13.9. The molecule has 0 saturated heterocycles. The highest BCUT2D eigenvalue weighted by atomic mass is 16.2. The van der Waals surface area contributed by atoms with E-state index >= 15 is 0 Å². The molecule has 0 aliphatic heterocycles. The zero-order valence-corrected chi connectivity index (χ0v) is 33.6. The fourth-order valence-corrected chi connectivity index (χ4v) is 7.81. The molecule has 0 unspecified atom stereocenters. The molecule has 300 valence electrons. The molecule has 0 saturated carbocycles. The second-order valence-electron chi connectivity index (χ2n) is 15.0. The van der Waals surface area contributed by atoms with Crippen LogP contribution in [0, 0.1) is 0 Å². The first-order chi connectivity index (χ1) is 30.9. The van der Waals surface area contributed by atoms with E-state index in [1.165, 1.54) is 18.2 Å². The Labute approximate surface area is 362 Å². The molecule has 0 atom stereocenters. The van der Waals surface area contributed by atoms with Crippen LogP contribution in [0.2, 0.25) is 0 Å². The maximum absolute atomic E-state index is 13.9. The predicted octanol–water partition coefficient (Wildman–Crippen LogP) is 12.1. The molecule has 0 spiro atoms. The molecular weight excluding hydrogens is 781 g/mol. The number of nitrogens with zero attached hydrogens (tertiary/aromatic N) is 3. The van der Waals surface area contributed by atoms with Crippen molar-refractivity contribution in [1.29, 1.82) is 0 Å². The molecule has 10 aromatic rings. The molecule has 3 heterocycles. The van der Waals surface area contributed by atoms with Crippen molar-refractivity contribution in [2.75, 3.05) is 16.0 Å². The molecule has 0 radical (unpaired) electrons. The zero-order valence-electron chi connectivity index (χ0n) is 33.6. The molecular formula is C54H36N6O3. The fraction of sp³-hybridized carbons (Fsp3) is 0. The summed E-state index contributed by atoms with van der Waals surface area (Å²) in [5.74, 6) is -1.48. The number of fused-ring (bicyclic) bond motifs is 3. The summed E-state index contributed by atoms with van der Waals surface area (Å²) in [4.78, 5) is 55.7. The van der Waals surface area contributed by atoms with Crippen LogP contribution in [0.15, 0.2) is 201 Å². The van der Waals surface area contributed by atoms with E-state index in [9.17, 15) is 14.4 Å². The highest BCUT2D eigenvalue weighted by molar-refractivity contribution is 6.13. The third-order valence-corrected chi connectivity index (χ3v) is 11.0. The maximum Gasteiger partial charge on any atom is 0.255 e. The first-order valence-electron chi connectivity index (χ1n) is 20.4. The van der Waals surface area contributed by atoms with Crippen molar-refractivity contribution in [1.82, 2.24) is 15.0 Å². The number of benzene rings is 7. The van der Waals surface area contributed by atoms with Crippen LogP contribution in [0.25, 0.3) is 66.1 Å². The van der Waals surface area contributed by atoms with Crippen molar-refractivity contribution in [3.8, 4) is 33.8 Å². The number of aromatic nitrogens is 3. The molecule has 9 nitrogen and oxygen atoms in total. The van der Waals surface area contributed by atoms with Crippen LogP contribution >= 0.6 is 0 Å². The van der Waals surface area contributed by atoms with Crippen LogP contribution in [0.1, 0.15) is 31.1 Å². The van der Waals surface area contributed by atoms with Gasteiger partial charge in [-0.15, -0.1) is 0 Å². The Morgan fingerprint density at radius 3 is 0.873 bits per heavy atom.